The molecule has 1 rings (SSSR count). The molecule has 0 radical (unpaired) electrons. The number of hydrogen-bond acceptors (Lipinski definition) is 4. The fourth-order valence-electron chi connectivity index (χ4n) is 3.35. The predicted molar refractivity (Wildman–Crippen MR) is 96.8 cm³/mol. The molecule has 0 aromatic heterocycles. The van der Waals surface area contributed by atoms with Crippen LogP contribution in [0.4, 0.5) is 0 Å². The molecule has 0 aliphatic heterocycles. The summed E-state index contributed by atoms with van der Waals surface area (Å²) in [6, 6.07) is -0.146. The Morgan fingerprint density at radius 2 is 2.08 bits per heavy atom. The molecule has 1 aliphatic rings. The first kappa shape index (κ1) is 21.3. The molecule has 6 heteroatoms. The summed E-state index contributed by atoms with van der Waals surface area (Å²) in [4.78, 5) is 23.9. The summed E-state index contributed by atoms with van der Waals surface area (Å²) in [7, 11) is 0.144. The molecule has 1 saturated carbocycles. The van der Waals surface area contributed by atoms with Crippen molar-refractivity contribution in [2.45, 2.75) is 83.4 Å². The van der Waals surface area contributed by atoms with E-state index in [0.717, 1.165) is 19.3 Å². The van der Waals surface area contributed by atoms with Gasteiger partial charge in [0.15, 0.2) is 0 Å². The Kier molecular flexibility index (Phi) is 8.57. The van der Waals surface area contributed by atoms with E-state index in [-0.39, 0.29) is 28.5 Å². The molecule has 0 bridgehead atoms. The van der Waals surface area contributed by atoms with Gasteiger partial charge in [0.1, 0.15) is 5.78 Å². The maximum Gasteiger partial charge on any atom is 0.305 e. The number of Topliss-reactive ketones (excluding diaryl/α,β-unsaturated/α-hetero) is 1. The molecule has 0 saturated heterocycles. The second kappa shape index (κ2) is 9.66. The van der Waals surface area contributed by atoms with Crippen molar-refractivity contribution in [3.05, 3.63) is 0 Å². The Bertz CT molecular complexity index is 458. The number of methoxy groups -OCH3 is 1. The van der Waals surface area contributed by atoms with Crippen LogP contribution in [0.1, 0.15) is 72.6 Å². The van der Waals surface area contributed by atoms with Gasteiger partial charge in [-0.2, -0.15) is 0 Å². The first-order valence-electron chi connectivity index (χ1n) is 8.98. The normalized spacial score (nSPS) is 24.5. The van der Waals surface area contributed by atoms with Gasteiger partial charge in [-0.05, 0) is 52.4 Å². The molecule has 0 spiro atoms. The second-order valence-corrected chi connectivity index (χ2v) is 9.62. The van der Waals surface area contributed by atoms with Gasteiger partial charge >= 0.3 is 5.97 Å². The van der Waals surface area contributed by atoms with Crippen LogP contribution in [0.2, 0.25) is 0 Å². The molecule has 4 atom stereocenters. The Balaban J connectivity index is 2.87. The van der Waals surface area contributed by atoms with Crippen LogP contribution in [0, 0.1) is 11.8 Å². The van der Waals surface area contributed by atoms with Crippen molar-refractivity contribution >= 4 is 22.7 Å². The lowest BCUT2D eigenvalue weighted by Gasteiger charge is -2.37. The first-order valence-corrected chi connectivity index (χ1v) is 10.1. The summed E-state index contributed by atoms with van der Waals surface area (Å²) in [5.74, 6) is 0.258. The van der Waals surface area contributed by atoms with Crippen molar-refractivity contribution in [3.8, 4) is 0 Å². The van der Waals surface area contributed by atoms with E-state index in [2.05, 4.69) is 11.6 Å². The van der Waals surface area contributed by atoms with Crippen LogP contribution in [-0.4, -0.2) is 33.9 Å². The van der Waals surface area contributed by atoms with E-state index >= 15 is 0 Å². The molecule has 1 aliphatic carbocycles. The first-order chi connectivity index (χ1) is 11.2. The average Bonchev–Trinajstić information content (AvgIpc) is 2.52. The van der Waals surface area contributed by atoms with Crippen molar-refractivity contribution in [2.24, 2.45) is 11.8 Å². The highest BCUT2D eigenvalue weighted by Crippen LogP contribution is 2.34. The van der Waals surface area contributed by atoms with Gasteiger partial charge < -0.3 is 4.74 Å². The van der Waals surface area contributed by atoms with E-state index < -0.39 is 11.0 Å². The summed E-state index contributed by atoms with van der Waals surface area (Å²) in [6.45, 7) is 7.87. The van der Waals surface area contributed by atoms with Gasteiger partial charge in [0.25, 0.3) is 0 Å². The molecule has 24 heavy (non-hydrogen) atoms. The summed E-state index contributed by atoms with van der Waals surface area (Å²) in [6.07, 6.45) is 5.17. The molecular weight excluding hydrogens is 326 g/mol. The van der Waals surface area contributed by atoms with E-state index in [0.29, 0.717) is 31.6 Å². The van der Waals surface area contributed by atoms with Crippen LogP contribution < -0.4 is 4.72 Å². The second-order valence-electron chi connectivity index (χ2n) is 7.63. The lowest BCUT2D eigenvalue weighted by atomic mass is 9.72. The third-order valence-electron chi connectivity index (χ3n) is 4.77. The van der Waals surface area contributed by atoms with Crippen LogP contribution in [0.25, 0.3) is 0 Å². The Morgan fingerprint density at radius 1 is 1.42 bits per heavy atom. The van der Waals surface area contributed by atoms with Gasteiger partial charge in [-0.3, -0.25) is 9.59 Å². The average molecular weight is 360 g/mol. The van der Waals surface area contributed by atoms with E-state index in [1.165, 1.54) is 7.11 Å². The summed E-state index contributed by atoms with van der Waals surface area (Å²) >= 11 is 0. The largest absolute Gasteiger partial charge is 0.469 e. The molecule has 0 heterocycles. The summed E-state index contributed by atoms with van der Waals surface area (Å²) in [5, 5.41) is 0. The monoisotopic (exact) mass is 359 g/mol. The summed E-state index contributed by atoms with van der Waals surface area (Å²) < 4.78 is 20.1. The highest BCUT2D eigenvalue weighted by molar-refractivity contribution is 7.84. The van der Waals surface area contributed by atoms with Crippen LogP contribution in [0.15, 0.2) is 0 Å². The topological polar surface area (TPSA) is 72.5 Å². The highest BCUT2D eigenvalue weighted by Gasteiger charge is 2.38. The number of hydrogen-bond donors (Lipinski definition) is 1. The van der Waals surface area contributed by atoms with Crippen molar-refractivity contribution in [1.82, 2.24) is 4.72 Å². The van der Waals surface area contributed by atoms with Gasteiger partial charge in [0.05, 0.1) is 22.8 Å². The minimum Gasteiger partial charge on any atom is -0.469 e. The number of carbonyl (C=O) groups is 2. The molecule has 0 aromatic rings. The van der Waals surface area contributed by atoms with Crippen molar-refractivity contribution in [1.29, 1.82) is 0 Å². The van der Waals surface area contributed by atoms with Gasteiger partial charge in [-0.1, -0.05) is 13.3 Å². The minimum absolute atomic E-state index is 0.104. The number of nitrogens with one attached hydrogen (secondary N) is 1. The summed E-state index contributed by atoms with van der Waals surface area (Å²) in [5.41, 5.74) is 0. The molecule has 0 amide bonds. The lowest BCUT2D eigenvalue weighted by molar-refractivity contribution is -0.140. The lowest BCUT2D eigenvalue weighted by Crippen LogP contribution is -2.49. The van der Waals surface area contributed by atoms with Crippen LogP contribution in [0.3, 0.4) is 0 Å². The molecule has 0 aromatic carbocycles. The molecule has 0 unspecified atom stereocenters. The zero-order chi connectivity index (χ0) is 18.3. The van der Waals surface area contributed by atoms with Crippen molar-refractivity contribution < 1.29 is 18.5 Å². The molecular formula is C18H33NO4S. The maximum absolute atomic E-state index is 12.6. The molecule has 1 N–H and O–H groups in total. The third-order valence-corrected chi connectivity index (χ3v) is 6.40. The zero-order valence-corrected chi connectivity index (χ0v) is 16.5. The standard InChI is InChI=1S/C18H33NO4S/c1-6-13-9-7-11-15(20)17(13)14(10-8-12-16(21)23-5)19-24(22)18(2,3)4/h13-14,17,19H,6-12H2,1-5H3/t13-,14+,17-,24+/m0/s1. The van der Waals surface area contributed by atoms with E-state index in [1.807, 2.05) is 20.8 Å². The fourth-order valence-corrected chi connectivity index (χ4v) is 4.25. The SMILES string of the molecule is CC[C@H]1CCCC(=O)[C@@H]1[C@@H](CCCC(=O)OC)N[S@](=O)C(C)(C)C. The Hall–Kier alpha value is -0.750. The number of esters is 1. The van der Waals surface area contributed by atoms with Crippen LogP contribution in [0.5, 0.6) is 0 Å². The smallest absolute Gasteiger partial charge is 0.305 e. The zero-order valence-electron chi connectivity index (χ0n) is 15.7. The Morgan fingerprint density at radius 3 is 2.62 bits per heavy atom. The predicted octanol–water partition coefficient (Wildman–Crippen LogP) is 3.15. The van der Waals surface area contributed by atoms with Gasteiger partial charge in [-0.15, -0.1) is 0 Å². The fraction of sp³-hybridized carbons (Fsp3) is 0.889. The third kappa shape index (κ3) is 6.28. The van der Waals surface area contributed by atoms with Crippen molar-refractivity contribution in [2.75, 3.05) is 7.11 Å². The van der Waals surface area contributed by atoms with E-state index in [9.17, 15) is 13.8 Å². The van der Waals surface area contributed by atoms with Crippen LogP contribution >= 0.6 is 0 Å². The molecule has 1 fully saturated rings. The number of ketones is 1. The van der Waals surface area contributed by atoms with E-state index in [1.54, 1.807) is 0 Å². The highest BCUT2D eigenvalue weighted by atomic mass is 32.2. The number of carbonyl (C=O) groups excluding carboxylic acids is 2. The quantitative estimate of drug-likeness (QED) is 0.676. The van der Waals surface area contributed by atoms with Crippen LogP contribution in [-0.2, 0) is 25.3 Å². The maximum atomic E-state index is 12.6. The minimum atomic E-state index is -1.24. The van der Waals surface area contributed by atoms with Gasteiger partial charge in [-0.25, -0.2) is 8.93 Å². The van der Waals surface area contributed by atoms with E-state index in [4.69, 9.17) is 4.74 Å². The molecule has 140 valence electrons. The number of ether oxygens (including phenoxy) is 1. The Labute approximate surface area is 148 Å². The van der Waals surface area contributed by atoms with Gasteiger partial charge in [0, 0.05) is 24.8 Å². The number of rotatable bonds is 8. The van der Waals surface area contributed by atoms with Gasteiger partial charge in [0.2, 0.25) is 0 Å². The molecule has 5 nitrogen and oxygen atoms in total. The van der Waals surface area contributed by atoms with Crippen molar-refractivity contribution in [3.63, 3.8) is 0 Å².